The number of carbonyl (C=O) groups excluding carboxylic acids is 1. The largest absolute Gasteiger partial charge is 0.376 e. The van der Waals surface area contributed by atoms with Crippen molar-refractivity contribution in [2.45, 2.75) is 26.8 Å². The monoisotopic (exact) mass is 238 g/mol. The lowest BCUT2D eigenvalue weighted by Crippen LogP contribution is -2.37. The van der Waals surface area contributed by atoms with Gasteiger partial charge in [-0.2, -0.15) is 0 Å². The molecule has 1 N–H and O–H groups in total. The van der Waals surface area contributed by atoms with Crippen molar-refractivity contribution in [1.82, 2.24) is 4.90 Å². The summed E-state index contributed by atoms with van der Waals surface area (Å²) in [6, 6.07) is 4.96. The van der Waals surface area contributed by atoms with E-state index < -0.39 is 0 Å². The van der Waals surface area contributed by atoms with Crippen molar-refractivity contribution >= 4 is 11.6 Å². The minimum atomic E-state index is -0.264. The summed E-state index contributed by atoms with van der Waals surface area (Å²) in [4.78, 5) is 13.4. The van der Waals surface area contributed by atoms with Crippen LogP contribution in [0, 0.1) is 12.7 Å². The number of hydrogen-bond acceptors (Lipinski definition) is 2. The number of benzene rings is 1. The van der Waals surface area contributed by atoms with E-state index in [1.165, 1.54) is 6.07 Å². The number of hydrogen-bond donors (Lipinski definition) is 1. The van der Waals surface area contributed by atoms with E-state index in [1.54, 1.807) is 31.0 Å². The Hall–Kier alpha value is -1.58. The van der Waals surface area contributed by atoms with Crippen LogP contribution < -0.4 is 5.32 Å². The smallest absolute Gasteiger partial charge is 0.241 e. The van der Waals surface area contributed by atoms with Gasteiger partial charge in [0.25, 0.3) is 0 Å². The Morgan fingerprint density at radius 1 is 1.47 bits per heavy atom. The first-order valence-corrected chi connectivity index (χ1v) is 5.68. The highest BCUT2D eigenvalue weighted by Crippen LogP contribution is 2.17. The molecular formula is C13H19FN2O. The van der Waals surface area contributed by atoms with Crippen LogP contribution in [-0.2, 0) is 4.79 Å². The lowest BCUT2D eigenvalue weighted by Gasteiger charge is -2.22. The standard InChI is InChI=1S/C13H19FN2O/c1-9(2)16(4)13(17)8-15-12-7-5-6-11(14)10(12)3/h5-7,9,15H,8H2,1-4H3. The van der Waals surface area contributed by atoms with Crippen LogP contribution in [0.15, 0.2) is 18.2 Å². The Labute approximate surface area is 102 Å². The predicted octanol–water partition coefficient (Wildman–Crippen LogP) is 2.41. The van der Waals surface area contributed by atoms with E-state index in [1.807, 2.05) is 13.8 Å². The molecule has 0 saturated carbocycles. The van der Waals surface area contributed by atoms with Crippen molar-refractivity contribution in [2.24, 2.45) is 0 Å². The highest BCUT2D eigenvalue weighted by atomic mass is 19.1. The van der Waals surface area contributed by atoms with Gasteiger partial charge in [0.15, 0.2) is 0 Å². The van der Waals surface area contributed by atoms with Crippen LogP contribution in [0.25, 0.3) is 0 Å². The molecule has 3 nitrogen and oxygen atoms in total. The Morgan fingerprint density at radius 3 is 2.71 bits per heavy atom. The Balaban J connectivity index is 2.62. The summed E-state index contributed by atoms with van der Waals surface area (Å²) in [6.45, 7) is 5.77. The van der Waals surface area contributed by atoms with E-state index in [2.05, 4.69) is 5.32 Å². The molecule has 1 rings (SSSR count). The van der Waals surface area contributed by atoms with Crippen LogP contribution in [-0.4, -0.2) is 30.4 Å². The molecule has 0 saturated heterocycles. The molecule has 0 aliphatic heterocycles. The van der Waals surface area contributed by atoms with Crippen molar-refractivity contribution in [3.8, 4) is 0 Å². The maximum absolute atomic E-state index is 13.3. The van der Waals surface area contributed by atoms with Crippen LogP contribution >= 0.6 is 0 Å². The third-order valence-electron chi connectivity index (χ3n) is 2.87. The molecule has 0 atom stereocenters. The lowest BCUT2D eigenvalue weighted by molar-refractivity contribution is -0.129. The second-order valence-electron chi connectivity index (χ2n) is 4.36. The van der Waals surface area contributed by atoms with Gasteiger partial charge in [-0.15, -0.1) is 0 Å². The topological polar surface area (TPSA) is 32.3 Å². The lowest BCUT2D eigenvalue weighted by atomic mass is 10.2. The van der Waals surface area contributed by atoms with Gasteiger partial charge in [-0.05, 0) is 32.9 Å². The molecule has 1 aromatic carbocycles. The maximum atomic E-state index is 13.3. The summed E-state index contributed by atoms with van der Waals surface area (Å²) in [5, 5.41) is 2.96. The van der Waals surface area contributed by atoms with Crippen LogP contribution in [0.5, 0.6) is 0 Å². The number of anilines is 1. The van der Waals surface area contributed by atoms with Crippen LogP contribution in [0.1, 0.15) is 19.4 Å². The molecule has 4 heteroatoms. The third-order valence-corrected chi connectivity index (χ3v) is 2.87. The Morgan fingerprint density at radius 2 is 2.12 bits per heavy atom. The van der Waals surface area contributed by atoms with Crippen LogP contribution in [0.4, 0.5) is 10.1 Å². The number of amides is 1. The average Bonchev–Trinajstić information content (AvgIpc) is 2.29. The number of nitrogens with one attached hydrogen (secondary N) is 1. The predicted molar refractivity (Wildman–Crippen MR) is 67.5 cm³/mol. The average molecular weight is 238 g/mol. The molecule has 0 bridgehead atoms. The summed E-state index contributed by atoms with van der Waals surface area (Å²) >= 11 is 0. The van der Waals surface area contributed by atoms with Crippen LogP contribution in [0.3, 0.4) is 0 Å². The number of likely N-dealkylation sites (N-methyl/N-ethyl adjacent to an activating group) is 1. The molecule has 1 aromatic rings. The van der Waals surface area contributed by atoms with E-state index in [4.69, 9.17) is 0 Å². The van der Waals surface area contributed by atoms with Gasteiger partial charge in [0.05, 0.1) is 6.54 Å². The van der Waals surface area contributed by atoms with Gasteiger partial charge in [0.2, 0.25) is 5.91 Å². The number of nitrogens with zero attached hydrogens (tertiary/aromatic N) is 1. The van der Waals surface area contributed by atoms with Gasteiger partial charge in [0.1, 0.15) is 5.82 Å². The normalized spacial score (nSPS) is 10.5. The first-order valence-electron chi connectivity index (χ1n) is 5.68. The molecule has 1 amide bonds. The summed E-state index contributed by atoms with van der Waals surface area (Å²) < 4.78 is 13.3. The molecule has 0 aliphatic carbocycles. The summed E-state index contributed by atoms with van der Waals surface area (Å²) in [6.07, 6.45) is 0. The molecule has 0 unspecified atom stereocenters. The van der Waals surface area contributed by atoms with Crippen molar-refractivity contribution in [3.63, 3.8) is 0 Å². The molecule has 94 valence electrons. The van der Waals surface area contributed by atoms with Gasteiger partial charge in [-0.25, -0.2) is 4.39 Å². The maximum Gasteiger partial charge on any atom is 0.241 e. The van der Waals surface area contributed by atoms with Crippen LogP contribution in [0.2, 0.25) is 0 Å². The molecule has 0 aliphatic rings. The van der Waals surface area contributed by atoms with Gasteiger partial charge >= 0.3 is 0 Å². The Kier molecular flexibility index (Phi) is 4.49. The van der Waals surface area contributed by atoms with Crippen molar-refractivity contribution in [2.75, 3.05) is 18.9 Å². The van der Waals surface area contributed by atoms with E-state index in [-0.39, 0.29) is 24.3 Å². The van der Waals surface area contributed by atoms with Crippen molar-refractivity contribution < 1.29 is 9.18 Å². The van der Waals surface area contributed by atoms with E-state index in [9.17, 15) is 9.18 Å². The molecule has 0 radical (unpaired) electrons. The fourth-order valence-electron chi connectivity index (χ4n) is 1.38. The minimum absolute atomic E-state index is 0.0105. The van der Waals surface area contributed by atoms with Gasteiger partial charge in [-0.3, -0.25) is 4.79 Å². The SMILES string of the molecule is Cc1c(F)cccc1NCC(=O)N(C)C(C)C. The Bertz CT molecular complexity index is 404. The molecule has 17 heavy (non-hydrogen) atoms. The fraction of sp³-hybridized carbons (Fsp3) is 0.462. The zero-order chi connectivity index (χ0) is 13.0. The molecule has 0 heterocycles. The molecule has 0 fully saturated rings. The van der Waals surface area contributed by atoms with E-state index in [0.717, 1.165) is 0 Å². The quantitative estimate of drug-likeness (QED) is 0.873. The molecular weight excluding hydrogens is 219 g/mol. The zero-order valence-electron chi connectivity index (χ0n) is 10.7. The van der Waals surface area contributed by atoms with Gasteiger partial charge in [0, 0.05) is 24.3 Å². The molecule has 0 aromatic heterocycles. The van der Waals surface area contributed by atoms with Gasteiger partial charge in [-0.1, -0.05) is 6.07 Å². The number of rotatable bonds is 4. The highest BCUT2D eigenvalue weighted by Gasteiger charge is 2.12. The fourth-order valence-corrected chi connectivity index (χ4v) is 1.38. The summed E-state index contributed by atoms with van der Waals surface area (Å²) in [5.41, 5.74) is 1.20. The zero-order valence-corrected chi connectivity index (χ0v) is 10.7. The number of halogens is 1. The first-order chi connectivity index (χ1) is 7.93. The second kappa shape index (κ2) is 5.66. The van der Waals surface area contributed by atoms with Crippen molar-refractivity contribution in [3.05, 3.63) is 29.6 Å². The highest BCUT2D eigenvalue weighted by molar-refractivity contribution is 5.81. The van der Waals surface area contributed by atoms with E-state index >= 15 is 0 Å². The number of carbonyl (C=O) groups is 1. The third kappa shape index (κ3) is 3.44. The minimum Gasteiger partial charge on any atom is -0.376 e. The first kappa shape index (κ1) is 13.5. The van der Waals surface area contributed by atoms with Crippen molar-refractivity contribution in [1.29, 1.82) is 0 Å². The summed E-state index contributed by atoms with van der Waals surface area (Å²) in [7, 11) is 1.76. The van der Waals surface area contributed by atoms with E-state index in [0.29, 0.717) is 11.3 Å². The molecule has 0 spiro atoms. The second-order valence-corrected chi connectivity index (χ2v) is 4.36. The summed E-state index contributed by atoms with van der Waals surface area (Å²) in [5.74, 6) is -0.275. The van der Waals surface area contributed by atoms with Gasteiger partial charge < -0.3 is 10.2 Å².